The molecular weight excluding hydrogens is 300 g/mol. The van der Waals surface area contributed by atoms with Crippen molar-refractivity contribution in [2.75, 3.05) is 11.4 Å². The van der Waals surface area contributed by atoms with E-state index in [9.17, 15) is 0 Å². The average molecular weight is 320 g/mol. The normalized spacial score (nSPS) is 17.4. The Morgan fingerprint density at radius 2 is 1.96 bits per heavy atom. The standard InChI is InChI=1S/C18H20N6/c1-2-16-19-11-13-24(16)17-8-3-6-14(22-17)15-7-4-12-23(15)18-20-9-5-10-21-18/h3,5-6,8-11,13,15H,2,4,7,12H2,1H3/t15-/m0/s1. The fraction of sp³-hybridized carbons (Fsp3) is 0.333. The zero-order valence-electron chi connectivity index (χ0n) is 13.7. The van der Waals surface area contributed by atoms with Crippen molar-refractivity contribution in [2.45, 2.75) is 32.2 Å². The van der Waals surface area contributed by atoms with Gasteiger partial charge >= 0.3 is 0 Å². The molecule has 4 heterocycles. The first kappa shape index (κ1) is 14.8. The summed E-state index contributed by atoms with van der Waals surface area (Å²) in [7, 11) is 0. The predicted molar refractivity (Wildman–Crippen MR) is 92.1 cm³/mol. The summed E-state index contributed by atoms with van der Waals surface area (Å²) in [5.74, 6) is 2.72. The molecule has 4 rings (SSSR count). The number of anilines is 1. The van der Waals surface area contributed by atoms with Crippen LogP contribution in [0.15, 0.2) is 49.1 Å². The molecule has 0 spiro atoms. The molecule has 3 aromatic rings. The van der Waals surface area contributed by atoms with Crippen molar-refractivity contribution < 1.29 is 0 Å². The number of imidazole rings is 1. The number of aryl methyl sites for hydroxylation is 1. The lowest BCUT2D eigenvalue weighted by Crippen LogP contribution is -2.25. The van der Waals surface area contributed by atoms with E-state index in [0.717, 1.165) is 49.1 Å². The Balaban J connectivity index is 1.68. The maximum Gasteiger partial charge on any atom is 0.225 e. The molecule has 6 heteroatoms. The van der Waals surface area contributed by atoms with E-state index in [1.54, 1.807) is 12.4 Å². The van der Waals surface area contributed by atoms with Crippen molar-refractivity contribution in [2.24, 2.45) is 0 Å². The Hall–Kier alpha value is -2.76. The largest absolute Gasteiger partial charge is 0.332 e. The second-order valence-electron chi connectivity index (χ2n) is 5.89. The zero-order valence-corrected chi connectivity index (χ0v) is 13.7. The lowest BCUT2D eigenvalue weighted by atomic mass is 10.1. The Bertz CT molecular complexity index is 813. The topological polar surface area (TPSA) is 59.7 Å². The van der Waals surface area contributed by atoms with Gasteiger partial charge in [-0.2, -0.15) is 0 Å². The van der Waals surface area contributed by atoms with Crippen LogP contribution >= 0.6 is 0 Å². The number of rotatable bonds is 4. The van der Waals surface area contributed by atoms with Gasteiger partial charge in [-0.3, -0.25) is 4.57 Å². The Kier molecular flexibility index (Phi) is 3.94. The van der Waals surface area contributed by atoms with E-state index in [1.165, 1.54) is 0 Å². The molecule has 0 amide bonds. The molecule has 1 saturated heterocycles. The second kappa shape index (κ2) is 6.39. The molecule has 0 bridgehead atoms. The molecule has 6 nitrogen and oxygen atoms in total. The molecular formula is C18H20N6. The van der Waals surface area contributed by atoms with Crippen LogP contribution in [0.5, 0.6) is 0 Å². The van der Waals surface area contributed by atoms with E-state index < -0.39 is 0 Å². The monoisotopic (exact) mass is 320 g/mol. The average Bonchev–Trinajstić information content (AvgIpc) is 3.31. The van der Waals surface area contributed by atoms with Gasteiger partial charge < -0.3 is 4.90 Å². The summed E-state index contributed by atoms with van der Waals surface area (Å²) in [6, 6.07) is 8.26. The summed E-state index contributed by atoms with van der Waals surface area (Å²) in [6.07, 6.45) is 10.5. The maximum atomic E-state index is 4.91. The Morgan fingerprint density at radius 3 is 2.79 bits per heavy atom. The third kappa shape index (κ3) is 2.64. The van der Waals surface area contributed by atoms with E-state index in [2.05, 4.69) is 43.5 Å². The Morgan fingerprint density at radius 1 is 1.08 bits per heavy atom. The van der Waals surface area contributed by atoms with E-state index in [1.807, 2.05) is 24.5 Å². The number of nitrogens with zero attached hydrogens (tertiary/aromatic N) is 6. The van der Waals surface area contributed by atoms with Crippen molar-refractivity contribution in [1.29, 1.82) is 0 Å². The van der Waals surface area contributed by atoms with Crippen LogP contribution in [-0.4, -0.2) is 31.0 Å². The third-order valence-corrected chi connectivity index (χ3v) is 4.44. The van der Waals surface area contributed by atoms with Gasteiger partial charge in [0.1, 0.15) is 11.6 Å². The molecule has 0 saturated carbocycles. The molecule has 122 valence electrons. The Labute approximate surface area is 141 Å². The molecule has 1 fully saturated rings. The van der Waals surface area contributed by atoms with Gasteiger partial charge in [-0.25, -0.2) is 19.9 Å². The van der Waals surface area contributed by atoms with Gasteiger partial charge in [-0.15, -0.1) is 0 Å². The first-order valence-electron chi connectivity index (χ1n) is 8.40. The van der Waals surface area contributed by atoms with Crippen LogP contribution in [0.25, 0.3) is 5.82 Å². The molecule has 1 aliphatic heterocycles. The lowest BCUT2D eigenvalue weighted by molar-refractivity contribution is 0.675. The molecule has 0 aromatic carbocycles. The minimum Gasteiger partial charge on any atom is -0.332 e. The fourth-order valence-corrected chi connectivity index (χ4v) is 3.32. The van der Waals surface area contributed by atoms with Gasteiger partial charge in [0.05, 0.1) is 11.7 Å². The zero-order chi connectivity index (χ0) is 16.4. The summed E-state index contributed by atoms with van der Waals surface area (Å²) >= 11 is 0. The van der Waals surface area contributed by atoms with Crippen LogP contribution in [0.4, 0.5) is 5.95 Å². The van der Waals surface area contributed by atoms with E-state index in [0.29, 0.717) is 0 Å². The molecule has 0 N–H and O–H groups in total. The molecule has 1 atom stereocenters. The minimum absolute atomic E-state index is 0.223. The van der Waals surface area contributed by atoms with Gasteiger partial charge in [0.2, 0.25) is 5.95 Å². The van der Waals surface area contributed by atoms with Gasteiger partial charge in [-0.05, 0) is 31.0 Å². The van der Waals surface area contributed by atoms with Gasteiger partial charge in [0, 0.05) is 37.8 Å². The molecule has 0 unspecified atom stereocenters. The highest BCUT2D eigenvalue weighted by molar-refractivity contribution is 5.37. The van der Waals surface area contributed by atoms with Gasteiger partial charge in [-0.1, -0.05) is 13.0 Å². The van der Waals surface area contributed by atoms with Crippen molar-refractivity contribution in [1.82, 2.24) is 24.5 Å². The number of pyridine rings is 1. The fourth-order valence-electron chi connectivity index (χ4n) is 3.32. The smallest absolute Gasteiger partial charge is 0.225 e. The number of hydrogen-bond acceptors (Lipinski definition) is 5. The summed E-state index contributed by atoms with van der Waals surface area (Å²) in [4.78, 5) is 20.4. The molecule has 0 radical (unpaired) electrons. The van der Waals surface area contributed by atoms with E-state index >= 15 is 0 Å². The first-order valence-corrected chi connectivity index (χ1v) is 8.40. The number of aromatic nitrogens is 5. The van der Waals surface area contributed by atoms with Crippen molar-refractivity contribution >= 4 is 5.95 Å². The molecule has 24 heavy (non-hydrogen) atoms. The summed E-state index contributed by atoms with van der Waals surface area (Å²) < 4.78 is 2.06. The lowest BCUT2D eigenvalue weighted by Gasteiger charge is -2.24. The number of hydrogen-bond donors (Lipinski definition) is 0. The SMILES string of the molecule is CCc1nccn1-c1cccc([C@@H]2CCCN2c2ncccn2)n1. The molecule has 0 aliphatic carbocycles. The molecule has 3 aromatic heterocycles. The van der Waals surface area contributed by atoms with E-state index in [4.69, 9.17) is 4.98 Å². The quantitative estimate of drug-likeness (QED) is 0.739. The summed E-state index contributed by atoms with van der Waals surface area (Å²) in [5, 5.41) is 0. The van der Waals surface area contributed by atoms with E-state index in [-0.39, 0.29) is 6.04 Å². The molecule has 1 aliphatic rings. The van der Waals surface area contributed by atoms with Crippen LogP contribution in [0, 0.1) is 0 Å². The van der Waals surface area contributed by atoms with Crippen LogP contribution < -0.4 is 4.90 Å². The van der Waals surface area contributed by atoms with Crippen molar-refractivity contribution in [3.63, 3.8) is 0 Å². The van der Waals surface area contributed by atoms with Crippen LogP contribution in [0.2, 0.25) is 0 Å². The van der Waals surface area contributed by atoms with Gasteiger partial charge in [0.25, 0.3) is 0 Å². The first-order chi connectivity index (χ1) is 11.9. The van der Waals surface area contributed by atoms with Crippen molar-refractivity contribution in [3.05, 3.63) is 60.6 Å². The third-order valence-electron chi connectivity index (χ3n) is 4.44. The van der Waals surface area contributed by atoms with Crippen LogP contribution in [0.3, 0.4) is 0 Å². The van der Waals surface area contributed by atoms with Crippen molar-refractivity contribution in [3.8, 4) is 5.82 Å². The minimum atomic E-state index is 0.223. The highest BCUT2D eigenvalue weighted by atomic mass is 15.3. The highest BCUT2D eigenvalue weighted by Gasteiger charge is 2.29. The van der Waals surface area contributed by atoms with Crippen LogP contribution in [-0.2, 0) is 6.42 Å². The second-order valence-corrected chi connectivity index (χ2v) is 5.89. The maximum absolute atomic E-state index is 4.91. The predicted octanol–water partition coefficient (Wildman–Crippen LogP) is 2.96. The summed E-state index contributed by atoms with van der Waals surface area (Å²) in [5.41, 5.74) is 1.06. The van der Waals surface area contributed by atoms with Gasteiger partial charge in [0.15, 0.2) is 0 Å². The summed E-state index contributed by atoms with van der Waals surface area (Å²) in [6.45, 7) is 3.07. The highest BCUT2D eigenvalue weighted by Crippen LogP contribution is 2.33. The van der Waals surface area contributed by atoms with Crippen LogP contribution in [0.1, 0.15) is 37.3 Å².